The maximum Gasteiger partial charge on any atom is 0.288 e. The van der Waals surface area contributed by atoms with E-state index >= 15 is 0 Å². The number of aromatic nitrogens is 9. The van der Waals surface area contributed by atoms with Gasteiger partial charge in [-0.25, -0.2) is 38.7 Å². The van der Waals surface area contributed by atoms with Crippen LogP contribution in [0.25, 0.3) is 22.5 Å². The summed E-state index contributed by atoms with van der Waals surface area (Å²) in [5, 5.41) is 7.52. The van der Waals surface area contributed by atoms with Gasteiger partial charge in [0.1, 0.15) is 11.4 Å². The Morgan fingerprint density at radius 1 is 0.514 bits per heavy atom. The highest BCUT2D eigenvalue weighted by atomic mass is 35.5. The molecule has 0 saturated carbocycles. The predicted molar refractivity (Wildman–Crippen MR) is 274 cm³/mol. The summed E-state index contributed by atoms with van der Waals surface area (Å²) >= 11 is 12.6. The van der Waals surface area contributed by atoms with E-state index in [1.165, 1.54) is 12.4 Å². The van der Waals surface area contributed by atoms with E-state index in [-0.39, 0.29) is 34.9 Å². The van der Waals surface area contributed by atoms with E-state index in [9.17, 15) is 18.4 Å². The molecule has 25 heteroatoms. The van der Waals surface area contributed by atoms with Gasteiger partial charge in [0.15, 0.2) is 29.1 Å². The van der Waals surface area contributed by atoms with Gasteiger partial charge in [-0.2, -0.15) is 9.97 Å². The Hall–Kier alpha value is -8.77. The quantitative estimate of drug-likeness (QED) is 0.0576. The van der Waals surface area contributed by atoms with Crippen molar-refractivity contribution in [3.05, 3.63) is 162 Å². The molecule has 0 unspecified atom stereocenters. The molecule has 2 aromatic carbocycles. The molecule has 2 saturated heterocycles. The van der Waals surface area contributed by atoms with Crippen molar-refractivity contribution in [3.8, 4) is 22.5 Å². The van der Waals surface area contributed by atoms with Crippen LogP contribution in [-0.4, -0.2) is 109 Å². The number of hydrazine groups is 2. The minimum atomic E-state index is -0.549. The summed E-state index contributed by atoms with van der Waals surface area (Å²) in [7, 11) is 0. The highest BCUT2D eigenvalue weighted by molar-refractivity contribution is 6.31. The third-order valence-electron chi connectivity index (χ3n) is 10.8. The van der Waals surface area contributed by atoms with E-state index in [1.807, 2.05) is 30.3 Å². The maximum absolute atomic E-state index is 14.2. The minimum Gasteiger partial charge on any atom is -0.378 e. The highest BCUT2D eigenvalue weighted by Gasteiger charge is 2.20. The number of amides is 2. The van der Waals surface area contributed by atoms with Gasteiger partial charge in [0.25, 0.3) is 11.8 Å². The normalized spacial score (nSPS) is 13.2. The molecule has 8 aromatic rings. The molecular weight excluding hydrogens is 1000 g/mol. The van der Waals surface area contributed by atoms with Crippen LogP contribution in [0.3, 0.4) is 0 Å². The fraction of sp³-hybridized carbons (Fsp3) is 0.163. The van der Waals surface area contributed by atoms with Gasteiger partial charge in [0.05, 0.1) is 62.6 Å². The number of rotatable bonds is 14. The third kappa shape index (κ3) is 13.4. The zero-order valence-corrected chi connectivity index (χ0v) is 40.4. The summed E-state index contributed by atoms with van der Waals surface area (Å²) in [6.07, 6.45) is 11.9. The average molecular weight is 1040 g/mol. The zero-order chi connectivity index (χ0) is 51.2. The smallest absolute Gasteiger partial charge is 0.288 e. The van der Waals surface area contributed by atoms with E-state index in [2.05, 4.69) is 77.2 Å². The Morgan fingerprint density at radius 3 is 1.49 bits per heavy atom. The molecule has 21 nitrogen and oxygen atoms in total. The van der Waals surface area contributed by atoms with Crippen molar-refractivity contribution < 1.29 is 27.8 Å². The number of halogens is 4. The van der Waals surface area contributed by atoms with Crippen molar-refractivity contribution in [2.24, 2.45) is 0 Å². The third-order valence-corrected chi connectivity index (χ3v) is 11.3. The average Bonchev–Trinajstić information content (AvgIpc) is 3.43. The number of benzene rings is 2. The van der Waals surface area contributed by atoms with Crippen molar-refractivity contribution >= 4 is 81.3 Å². The van der Waals surface area contributed by atoms with Crippen LogP contribution in [-0.2, 0) is 9.47 Å². The Morgan fingerprint density at radius 2 is 1.01 bits per heavy atom. The van der Waals surface area contributed by atoms with Crippen LogP contribution in [0.2, 0.25) is 10.0 Å². The first kappa shape index (κ1) is 50.2. The molecule has 0 aliphatic carbocycles. The zero-order valence-electron chi connectivity index (χ0n) is 38.8. The molecule has 6 N–H and O–H groups in total. The lowest BCUT2D eigenvalue weighted by Gasteiger charge is -2.28. The SMILES string of the molecule is O=C(NNc1ncc(F)c(N2CCOCC2)n1)c1ccc(Nc2cc(Cl)cc(-c3cccnc3)c2)cn1.O=C(NNc1ncc(F)c(N2CCOCC2)n1)c1ccc(Nc2cc(Cl)cc(-c3ncccn3)c2)cn1. The van der Waals surface area contributed by atoms with Crippen LogP contribution in [0.1, 0.15) is 21.0 Å². The van der Waals surface area contributed by atoms with Gasteiger partial charge in [-0.15, -0.1) is 0 Å². The summed E-state index contributed by atoms with van der Waals surface area (Å²) in [5.41, 5.74) is 15.9. The van der Waals surface area contributed by atoms with E-state index < -0.39 is 23.4 Å². The Labute approximate surface area is 431 Å². The van der Waals surface area contributed by atoms with Gasteiger partial charge in [-0.3, -0.25) is 36.3 Å². The lowest BCUT2D eigenvalue weighted by Crippen LogP contribution is -2.38. The van der Waals surface area contributed by atoms with Crippen molar-refractivity contribution in [1.29, 1.82) is 0 Å². The first-order chi connectivity index (χ1) is 36.1. The number of anilines is 8. The lowest BCUT2D eigenvalue weighted by atomic mass is 10.1. The Kier molecular flexibility index (Phi) is 16.3. The number of carbonyl (C=O) groups is 2. The number of hydrogen-bond acceptors (Lipinski definition) is 19. The number of morpholine rings is 2. The van der Waals surface area contributed by atoms with Crippen molar-refractivity contribution in [2.75, 3.05) is 83.9 Å². The number of pyridine rings is 3. The topological polar surface area (TPSA) is 247 Å². The Balaban J connectivity index is 0.000000182. The van der Waals surface area contributed by atoms with E-state index in [1.54, 1.807) is 83.1 Å². The van der Waals surface area contributed by atoms with Gasteiger partial charge in [-0.05, 0) is 78.4 Å². The minimum absolute atomic E-state index is 0.0497. The van der Waals surface area contributed by atoms with Crippen LogP contribution in [0.15, 0.2) is 128 Å². The van der Waals surface area contributed by atoms with Crippen molar-refractivity contribution in [2.45, 2.75) is 0 Å². The van der Waals surface area contributed by atoms with E-state index in [0.29, 0.717) is 85.5 Å². The highest BCUT2D eigenvalue weighted by Crippen LogP contribution is 2.30. The van der Waals surface area contributed by atoms with Gasteiger partial charge in [0, 0.05) is 83.5 Å². The van der Waals surface area contributed by atoms with Gasteiger partial charge < -0.3 is 29.9 Å². The molecular formula is C49H43Cl2F2N17O4. The summed E-state index contributed by atoms with van der Waals surface area (Å²) in [6.45, 7) is 4.01. The first-order valence-electron chi connectivity index (χ1n) is 22.7. The van der Waals surface area contributed by atoms with E-state index in [4.69, 9.17) is 32.7 Å². The summed E-state index contributed by atoms with van der Waals surface area (Å²) < 4.78 is 39.0. The predicted octanol–water partition coefficient (Wildman–Crippen LogP) is 7.52. The molecule has 2 amide bonds. The van der Waals surface area contributed by atoms with Gasteiger partial charge in [-0.1, -0.05) is 29.3 Å². The van der Waals surface area contributed by atoms with Crippen LogP contribution in [0.5, 0.6) is 0 Å². The largest absolute Gasteiger partial charge is 0.378 e. The van der Waals surface area contributed by atoms with Crippen molar-refractivity contribution in [1.82, 2.24) is 55.7 Å². The molecule has 2 aliphatic heterocycles. The fourth-order valence-corrected chi connectivity index (χ4v) is 7.79. The summed E-state index contributed by atoms with van der Waals surface area (Å²) in [6, 6.07) is 23.1. The number of carbonyl (C=O) groups excluding carboxylic acids is 2. The fourth-order valence-electron chi connectivity index (χ4n) is 7.32. The van der Waals surface area contributed by atoms with Crippen LogP contribution in [0.4, 0.5) is 55.1 Å². The molecule has 8 heterocycles. The number of ether oxygens (including phenoxy) is 2. The maximum atomic E-state index is 14.2. The number of hydrogen-bond donors (Lipinski definition) is 6. The molecule has 6 aromatic heterocycles. The molecule has 2 fully saturated rings. The second-order valence-corrected chi connectivity index (χ2v) is 16.8. The standard InChI is InChI=1S/C25H22ClFN8O2.C24H21ClFN9O2/c26-18-10-17(16-2-1-5-28-13-16)11-20(12-18)31-19-3-4-22(29-14-19)24(36)33-34-25-30-15-21(27)23(32-25)35-6-8-37-9-7-35;25-16-10-15(21-27-4-1-5-28-21)11-18(12-16)31-17-2-3-20(29-13-17)23(36)33-34-24-30-14-19(26)22(32-24)35-6-8-37-9-7-35/h1-5,10-15,31H,6-9H2,(H,33,36)(H,30,32,34);1-5,10-14,31H,6-9H2,(H,33,36)(H,30,32,34). The molecule has 0 atom stereocenters. The molecule has 0 radical (unpaired) electrons. The van der Waals surface area contributed by atoms with Crippen molar-refractivity contribution in [3.63, 3.8) is 0 Å². The van der Waals surface area contributed by atoms with Gasteiger partial charge >= 0.3 is 0 Å². The van der Waals surface area contributed by atoms with E-state index in [0.717, 1.165) is 34.8 Å². The number of nitrogens with one attached hydrogen (secondary N) is 6. The monoisotopic (exact) mass is 1040 g/mol. The van der Waals surface area contributed by atoms with Crippen LogP contribution < -0.4 is 42.1 Å². The van der Waals surface area contributed by atoms with Crippen LogP contribution in [0, 0.1) is 11.6 Å². The molecule has 2 aliphatic rings. The first-order valence-corrected chi connectivity index (χ1v) is 23.4. The molecule has 10 rings (SSSR count). The van der Waals surface area contributed by atoms with Gasteiger partial charge in [0.2, 0.25) is 11.9 Å². The molecule has 0 spiro atoms. The lowest BCUT2D eigenvalue weighted by molar-refractivity contribution is 0.0949. The summed E-state index contributed by atoms with van der Waals surface area (Å²) in [5.74, 6) is -1.17. The molecule has 376 valence electrons. The summed E-state index contributed by atoms with van der Waals surface area (Å²) in [4.78, 5) is 65.8. The van der Waals surface area contributed by atoms with Crippen LogP contribution >= 0.6 is 23.2 Å². The molecule has 74 heavy (non-hydrogen) atoms. The second kappa shape index (κ2) is 24.1. The molecule has 0 bridgehead atoms. The number of nitrogens with zero attached hydrogens (tertiary/aromatic N) is 11. The second-order valence-electron chi connectivity index (χ2n) is 16.0. The Bertz CT molecular complexity index is 2990.